The molecule has 0 saturated carbocycles. The molecule has 8 nitrogen and oxygen atoms in total. The summed E-state index contributed by atoms with van der Waals surface area (Å²) in [5.74, 6) is 0.319. The van der Waals surface area contributed by atoms with Crippen molar-refractivity contribution in [3.05, 3.63) is 87.8 Å². The number of hydrogen-bond donors (Lipinski definition) is 3. The van der Waals surface area contributed by atoms with E-state index in [1.807, 2.05) is 6.07 Å². The Morgan fingerprint density at radius 2 is 1.92 bits per heavy atom. The SMILES string of the molecule is CC(C)(O)CCCOc1ccc(Cl)c(-c2ccnc(NC(=O)c3nnc(Cc4ccc(F)c(Cl)c4)[nH]3)c2)c1. The van der Waals surface area contributed by atoms with Crippen molar-refractivity contribution in [1.29, 1.82) is 0 Å². The lowest BCUT2D eigenvalue weighted by Gasteiger charge is -2.17. The normalized spacial score (nSPS) is 11.4. The molecule has 0 bridgehead atoms. The molecule has 2 heterocycles. The summed E-state index contributed by atoms with van der Waals surface area (Å²) in [5, 5.41) is 21.0. The van der Waals surface area contributed by atoms with Gasteiger partial charge in [-0.1, -0.05) is 29.3 Å². The minimum Gasteiger partial charge on any atom is -0.494 e. The highest BCUT2D eigenvalue weighted by molar-refractivity contribution is 6.33. The maximum absolute atomic E-state index is 13.4. The fourth-order valence-electron chi connectivity index (χ4n) is 3.67. The molecule has 0 aliphatic heterocycles. The van der Waals surface area contributed by atoms with Gasteiger partial charge in [0, 0.05) is 23.2 Å². The third-order valence-corrected chi connectivity index (χ3v) is 6.18. The molecule has 0 fully saturated rings. The van der Waals surface area contributed by atoms with Crippen LogP contribution in [-0.2, 0) is 6.42 Å². The molecule has 11 heteroatoms. The number of anilines is 1. The third kappa shape index (κ3) is 7.50. The largest absolute Gasteiger partial charge is 0.494 e. The highest BCUT2D eigenvalue weighted by atomic mass is 35.5. The van der Waals surface area contributed by atoms with Gasteiger partial charge in [-0.05, 0) is 80.3 Å². The van der Waals surface area contributed by atoms with E-state index in [-0.39, 0.29) is 10.8 Å². The minimum absolute atomic E-state index is 0.0000942. The first kappa shape index (κ1) is 27.5. The van der Waals surface area contributed by atoms with Crippen LogP contribution in [0.4, 0.5) is 10.2 Å². The Balaban J connectivity index is 1.42. The number of aromatic amines is 1. The summed E-state index contributed by atoms with van der Waals surface area (Å²) in [6.45, 7) is 3.98. The lowest BCUT2D eigenvalue weighted by atomic mass is 10.0. The van der Waals surface area contributed by atoms with Gasteiger partial charge in [-0.2, -0.15) is 0 Å². The summed E-state index contributed by atoms with van der Waals surface area (Å²) in [5.41, 5.74) is 1.42. The van der Waals surface area contributed by atoms with Gasteiger partial charge in [-0.3, -0.25) is 4.79 Å². The fourth-order valence-corrected chi connectivity index (χ4v) is 4.10. The second-order valence-corrected chi connectivity index (χ2v) is 10.1. The Hall–Kier alpha value is -3.53. The lowest BCUT2D eigenvalue weighted by molar-refractivity contribution is 0.0641. The zero-order valence-electron chi connectivity index (χ0n) is 20.8. The number of H-pyrrole nitrogens is 1. The average Bonchev–Trinajstić information content (AvgIpc) is 3.33. The van der Waals surface area contributed by atoms with E-state index in [9.17, 15) is 14.3 Å². The van der Waals surface area contributed by atoms with E-state index >= 15 is 0 Å². The zero-order chi connectivity index (χ0) is 27.3. The summed E-state index contributed by atoms with van der Waals surface area (Å²) < 4.78 is 19.2. The molecule has 38 heavy (non-hydrogen) atoms. The van der Waals surface area contributed by atoms with Crippen LogP contribution in [-0.4, -0.2) is 43.4 Å². The lowest BCUT2D eigenvalue weighted by Crippen LogP contribution is -2.19. The molecule has 0 aliphatic rings. The van der Waals surface area contributed by atoms with Crippen LogP contribution in [0.25, 0.3) is 11.1 Å². The number of aromatic nitrogens is 4. The molecule has 4 rings (SSSR count). The van der Waals surface area contributed by atoms with Crippen molar-refractivity contribution in [2.75, 3.05) is 11.9 Å². The molecule has 0 unspecified atom stereocenters. The number of carbonyl (C=O) groups is 1. The Morgan fingerprint density at radius 1 is 1.11 bits per heavy atom. The number of carbonyl (C=O) groups excluding carboxylic acids is 1. The first-order valence-electron chi connectivity index (χ1n) is 11.9. The Bertz CT molecular complexity index is 1440. The summed E-state index contributed by atoms with van der Waals surface area (Å²) >= 11 is 12.3. The van der Waals surface area contributed by atoms with Gasteiger partial charge in [0.05, 0.1) is 17.2 Å². The van der Waals surface area contributed by atoms with E-state index in [1.165, 1.54) is 12.1 Å². The van der Waals surface area contributed by atoms with Gasteiger partial charge < -0.3 is 20.1 Å². The number of nitrogens with zero attached hydrogens (tertiary/aromatic N) is 3. The summed E-state index contributed by atoms with van der Waals surface area (Å²) in [6, 6.07) is 13.1. The smallest absolute Gasteiger partial charge is 0.294 e. The van der Waals surface area contributed by atoms with Crippen LogP contribution in [0.3, 0.4) is 0 Å². The average molecular weight is 558 g/mol. The molecule has 2 aromatic carbocycles. The number of benzene rings is 2. The van der Waals surface area contributed by atoms with Crippen LogP contribution in [0.1, 0.15) is 48.7 Å². The third-order valence-electron chi connectivity index (χ3n) is 5.56. The molecular weight excluding hydrogens is 532 g/mol. The topological polar surface area (TPSA) is 113 Å². The van der Waals surface area contributed by atoms with Gasteiger partial charge in [0.1, 0.15) is 23.2 Å². The predicted octanol–water partition coefficient (Wildman–Crippen LogP) is 6.09. The number of pyridine rings is 1. The predicted molar refractivity (Wildman–Crippen MR) is 144 cm³/mol. The van der Waals surface area contributed by atoms with Crippen LogP contribution in [0.2, 0.25) is 10.0 Å². The Kier molecular flexibility index (Phi) is 8.61. The van der Waals surface area contributed by atoms with Crippen LogP contribution in [0.15, 0.2) is 54.7 Å². The molecule has 3 N–H and O–H groups in total. The number of hydrogen-bond acceptors (Lipinski definition) is 6. The first-order valence-corrected chi connectivity index (χ1v) is 12.6. The number of halogens is 3. The maximum Gasteiger partial charge on any atom is 0.294 e. The molecule has 0 radical (unpaired) electrons. The number of amides is 1. The van der Waals surface area contributed by atoms with Crippen LogP contribution in [0, 0.1) is 5.82 Å². The van der Waals surface area contributed by atoms with E-state index in [0.717, 1.165) is 5.56 Å². The highest BCUT2D eigenvalue weighted by Crippen LogP contribution is 2.32. The standard InChI is InChI=1S/C27H26Cl2FN5O3/c1-27(2,37)9-3-11-38-18-5-6-20(28)19(15-18)17-8-10-31-23(14-17)33-26(36)25-32-24(34-35-25)13-16-4-7-22(30)21(29)12-16/h4-8,10,12,14-15,37H,3,9,11,13H2,1-2H3,(H,31,33,36)(H,32,34,35). The molecule has 0 atom stereocenters. The summed E-state index contributed by atoms with van der Waals surface area (Å²) in [6.07, 6.45) is 3.17. The molecule has 2 aromatic heterocycles. The van der Waals surface area contributed by atoms with Gasteiger partial charge in [0.2, 0.25) is 5.82 Å². The van der Waals surface area contributed by atoms with Crippen molar-refractivity contribution in [2.24, 2.45) is 0 Å². The quantitative estimate of drug-likeness (QED) is 0.203. The van der Waals surface area contributed by atoms with Gasteiger partial charge in [0.15, 0.2) is 0 Å². The molecular formula is C27H26Cl2FN5O3. The van der Waals surface area contributed by atoms with Gasteiger partial charge in [-0.25, -0.2) is 9.37 Å². The highest BCUT2D eigenvalue weighted by Gasteiger charge is 2.15. The Labute approximate surface area is 229 Å². The van der Waals surface area contributed by atoms with Crippen molar-refractivity contribution in [3.63, 3.8) is 0 Å². The molecule has 198 valence electrons. The second kappa shape index (κ2) is 11.9. The maximum atomic E-state index is 13.4. The van der Waals surface area contributed by atoms with Crippen LogP contribution < -0.4 is 10.1 Å². The van der Waals surface area contributed by atoms with E-state index < -0.39 is 17.3 Å². The van der Waals surface area contributed by atoms with Crippen molar-refractivity contribution in [3.8, 4) is 16.9 Å². The van der Waals surface area contributed by atoms with Crippen molar-refractivity contribution in [2.45, 2.75) is 38.7 Å². The van der Waals surface area contributed by atoms with Crippen molar-refractivity contribution in [1.82, 2.24) is 20.2 Å². The van der Waals surface area contributed by atoms with Crippen LogP contribution in [0.5, 0.6) is 5.75 Å². The fraction of sp³-hybridized carbons (Fsp3) is 0.259. The zero-order valence-corrected chi connectivity index (χ0v) is 22.3. The van der Waals surface area contributed by atoms with Gasteiger partial charge >= 0.3 is 0 Å². The van der Waals surface area contributed by atoms with Crippen molar-refractivity contribution < 1.29 is 19.0 Å². The number of aliphatic hydroxyl groups is 1. The molecule has 4 aromatic rings. The van der Waals surface area contributed by atoms with Crippen molar-refractivity contribution >= 4 is 34.9 Å². The number of rotatable bonds is 10. The summed E-state index contributed by atoms with van der Waals surface area (Å²) in [4.78, 5) is 19.8. The monoisotopic (exact) mass is 557 g/mol. The summed E-state index contributed by atoms with van der Waals surface area (Å²) in [7, 11) is 0. The van der Waals surface area contributed by atoms with E-state index in [0.29, 0.717) is 59.4 Å². The van der Waals surface area contributed by atoms with Gasteiger partial charge in [-0.15, -0.1) is 10.2 Å². The molecule has 0 spiro atoms. The van der Waals surface area contributed by atoms with Gasteiger partial charge in [0.25, 0.3) is 5.91 Å². The molecule has 1 amide bonds. The second-order valence-electron chi connectivity index (χ2n) is 9.34. The number of ether oxygens (including phenoxy) is 1. The van der Waals surface area contributed by atoms with Crippen LogP contribution >= 0.6 is 23.2 Å². The minimum atomic E-state index is -0.740. The first-order chi connectivity index (χ1) is 18.1. The Morgan fingerprint density at radius 3 is 2.68 bits per heavy atom. The van der Waals surface area contributed by atoms with E-state index in [1.54, 1.807) is 50.4 Å². The molecule has 0 aliphatic carbocycles. The van der Waals surface area contributed by atoms with E-state index in [4.69, 9.17) is 27.9 Å². The number of nitrogens with one attached hydrogen (secondary N) is 2. The van der Waals surface area contributed by atoms with E-state index in [2.05, 4.69) is 25.5 Å². The molecule has 0 saturated heterocycles.